The summed E-state index contributed by atoms with van der Waals surface area (Å²) < 4.78 is 0. The predicted molar refractivity (Wildman–Crippen MR) is 107 cm³/mol. The molecule has 0 radical (unpaired) electrons. The van der Waals surface area contributed by atoms with Crippen LogP contribution in [0.4, 0.5) is 0 Å². The van der Waals surface area contributed by atoms with Crippen molar-refractivity contribution in [2.24, 2.45) is 5.10 Å². The summed E-state index contributed by atoms with van der Waals surface area (Å²) in [7, 11) is 0. The highest BCUT2D eigenvalue weighted by atomic mass is 15.3. The number of H-pyrrole nitrogens is 1. The summed E-state index contributed by atoms with van der Waals surface area (Å²) in [6.07, 6.45) is 12.5. The summed E-state index contributed by atoms with van der Waals surface area (Å²) in [6.45, 7) is 5.12. The zero-order valence-corrected chi connectivity index (χ0v) is 15.4. The lowest BCUT2D eigenvalue weighted by Crippen LogP contribution is -2.06. The van der Waals surface area contributed by atoms with Gasteiger partial charge in [0.15, 0.2) is 0 Å². The smallest absolute Gasteiger partial charge is 0.0744 e. The molecule has 0 aromatic carbocycles. The monoisotopic (exact) mass is 347 g/mol. The van der Waals surface area contributed by atoms with E-state index in [4.69, 9.17) is 4.98 Å². The number of aromatic amines is 1. The fraction of sp³-hybridized carbons (Fsp3) is 0.286. The molecule has 0 atom stereocenters. The van der Waals surface area contributed by atoms with Crippen LogP contribution in [-0.4, -0.2) is 27.9 Å². The first-order chi connectivity index (χ1) is 12.8. The third kappa shape index (κ3) is 4.17. The number of rotatable bonds is 3. The Morgan fingerprint density at radius 3 is 3.00 bits per heavy atom. The second-order valence-corrected chi connectivity index (χ2v) is 6.21. The van der Waals surface area contributed by atoms with Crippen molar-refractivity contribution in [1.29, 1.82) is 0 Å². The fourth-order valence-corrected chi connectivity index (χ4v) is 3.15. The van der Waals surface area contributed by atoms with Crippen LogP contribution in [0.25, 0.3) is 17.3 Å². The zero-order chi connectivity index (χ0) is 18.2. The van der Waals surface area contributed by atoms with Gasteiger partial charge in [-0.2, -0.15) is 10.2 Å². The van der Waals surface area contributed by atoms with Gasteiger partial charge in [0.25, 0.3) is 0 Å². The first kappa shape index (κ1) is 17.9. The molecular weight excluding hydrogens is 322 g/mol. The molecule has 1 aliphatic heterocycles. The van der Waals surface area contributed by atoms with Crippen molar-refractivity contribution in [3.8, 4) is 11.3 Å². The predicted octanol–water partition coefficient (Wildman–Crippen LogP) is 4.00. The maximum absolute atomic E-state index is 5.06. The summed E-state index contributed by atoms with van der Waals surface area (Å²) in [5.41, 5.74) is 10.0. The maximum Gasteiger partial charge on any atom is 0.0744 e. The molecule has 0 bridgehead atoms. The number of hydrazone groups is 1. The van der Waals surface area contributed by atoms with E-state index in [0.717, 1.165) is 36.2 Å². The van der Waals surface area contributed by atoms with Crippen LogP contribution in [0.2, 0.25) is 0 Å². The molecule has 5 heteroatoms. The Balaban J connectivity index is 2.25. The van der Waals surface area contributed by atoms with Crippen LogP contribution >= 0.6 is 0 Å². The van der Waals surface area contributed by atoms with E-state index in [0.29, 0.717) is 6.54 Å². The number of nitrogens with zero attached hydrogens (tertiary/aromatic N) is 3. The topological polar surface area (TPSA) is 66.0 Å². The van der Waals surface area contributed by atoms with Gasteiger partial charge in [0.2, 0.25) is 0 Å². The van der Waals surface area contributed by atoms with Gasteiger partial charge in [0.05, 0.1) is 17.9 Å². The lowest BCUT2D eigenvalue weighted by Gasteiger charge is -2.17. The van der Waals surface area contributed by atoms with Crippen LogP contribution in [0.5, 0.6) is 0 Å². The highest BCUT2D eigenvalue weighted by Gasteiger charge is 2.16. The van der Waals surface area contributed by atoms with E-state index in [1.807, 2.05) is 30.6 Å². The minimum absolute atomic E-state index is 0.704. The third-order valence-electron chi connectivity index (χ3n) is 4.43. The van der Waals surface area contributed by atoms with Gasteiger partial charge in [-0.1, -0.05) is 31.6 Å². The van der Waals surface area contributed by atoms with Gasteiger partial charge in [0, 0.05) is 30.6 Å². The summed E-state index contributed by atoms with van der Waals surface area (Å²) in [4.78, 5) is 5.06. The van der Waals surface area contributed by atoms with Crippen molar-refractivity contribution in [3.05, 3.63) is 65.1 Å². The van der Waals surface area contributed by atoms with E-state index in [9.17, 15) is 0 Å². The Morgan fingerprint density at radius 2 is 2.12 bits per heavy atom. The van der Waals surface area contributed by atoms with Crippen molar-refractivity contribution < 1.29 is 0 Å². The molecule has 26 heavy (non-hydrogen) atoms. The first-order valence-electron chi connectivity index (χ1n) is 9.07. The van der Waals surface area contributed by atoms with Gasteiger partial charge in [-0.15, -0.1) is 0 Å². The summed E-state index contributed by atoms with van der Waals surface area (Å²) in [5.74, 6) is 0. The number of aromatic nitrogens is 3. The van der Waals surface area contributed by atoms with E-state index >= 15 is 0 Å². The molecule has 0 amide bonds. The molecule has 2 N–H and O–H groups in total. The highest BCUT2D eigenvalue weighted by molar-refractivity contribution is 5.72. The van der Waals surface area contributed by atoms with Crippen molar-refractivity contribution in [1.82, 2.24) is 20.6 Å². The van der Waals surface area contributed by atoms with Gasteiger partial charge in [-0.05, 0) is 48.2 Å². The Morgan fingerprint density at radius 1 is 1.19 bits per heavy atom. The summed E-state index contributed by atoms with van der Waals surface area (Å²) >= 11 is 0. The minimum Gasteiger partial charge on any atom is -0.307 e. The third-order valence-corrected chi connectivity index (χ3v) is 4.43. The number of pyridine rings is 1. The van der Waals surface area contributed by atoms with Crippen molar-refractivity contribution >= 4 is 12.3 Å². The van der Waals surface area contributed by atoms with Crippen molar-refractivity contribution in [2.75, 3.05) is 6.54 Å². The molecule has 1 aliphatic rings. The molecule has 0 saturated carbocycles. The number of fused-ring (bicyclic) bond motifs is 1. The lowest BCUT2D eigenvalue weighted by molar-refractivity contribution is 0.830. The molecule has 0 unspecified atom stereocenters. The van der Waals surface area contributed by atoms with Crippen molar-refractivity contribution in [3.63, 3.8) is 0 Å². The second kappa shape index (κ2) is 8.94. The first-order valence-corrected chi connectivity index (χ1v) is 9.07. The molecule has 134 valence electrons. The lowest BCUT2D eigenvalue weighted by atomic mass is 9.92. The standard InChI is InChI=1S/C21H25N5/c1-3-7-19-16(2)18-11-15-25-23-13-6-9-20(18)26-21(19)17-8-4-5-12-22-24-14-10-17/h4-6,8-10,12,14-15,23-24H,3,7,11,13H2,1-2H3/b5-4?,9-6-,14-10?,17-8?,22-12?,25-15-. The van der Waals surface area contributed by atoms with Gasteiger partial charge >= 0.3 is 0 Å². The molecule has 0 spiro atoms. The van der Waals surface area contributed by atoms with Gasteiger partial charge in [-0.25, -0.2) is 4.98 Å². The normalized spacial score (nSPS) is 15.5. The van der Waals surface area contributed by atoms with Crippen LogP contribution in [-0.2, 0) is 12.8 Å². The molecule has 3 heterocycles. The Hall–Kier alpha value is -2.95. The SMILES string of the molecule is CCCc1c(-c2ccccn[nH]cc2)nc2c(c1C)C/C=N\NC/C=C\2. The number of hydrogen-bond donors (Lipinski definition) is 2. The molecule has 0 aliphatic carbocycles. The average Bonchev–Trinajstić information content (AvgIpc) is 2.85. The quantitative estimate of drug-likeness (QED) is 0.882. The van der Waals surface area contributed by atoms with Crippen LogP contribution in [0.15, 0.2) is 47.8 Å². The second-order valence-electron chi connectivity index (χ2n) is 6.21. The van der Waals surface area contributed by atoms with Gasteiger partial charge < -0.3 is 5.43 Å². The molecule has 2 aromatic rings. The van der Waals surface area contributed by atoms with E-state index in [1.165, 1.54) is 16.7 Å². The Labute approximate surface area is 154 Å². The maximum atomic E-state index is 5.06. The molecule has 2 aromatic heterocycles. The largest absolute Gasteiger partial charge is 0.307 e. The van der Waals surface area contributed by atoms with E-state index in [-0.39, 0.29) is 0 Å². The van der Waals surface area contributed by atoms with Crippen LogP contribution in [0.3, 0.4) is 0 Å². The van der Waals surface area contributed by atoms with Crippen molar-refractivity contribution in [2.45, 2.75) is 33.1 Å². The molecule has 0 saturated heterocycles. The molecular formula is C21H25N5. The highest BCUT2D eigenvalue weighted by Crippen LogP contribution is 2.29. The van der Waals surface area contributed by atoms with Crippen LogP contribution < -0.4 is 5.43 Å². The number of hydrogen-bond acceptors (Lipinski definition) is 4. The van der Waals surface area contributed by atoms with E-state index < -0.39 is 0 Å². The van der Waals surface area contributed by atoms with Gasteiger partial charge in [-0.3, -0.25) is 5.10 Å². The average molecular weight is 347 g/mol. The molecule has 3 rings (SSSR count). The van der Waals surface area contributed by atoms with Crippen LogP contribution in [0, 0.1) is 6.92 Å². The van der Waals surface area contributed by atoms with Crippen LogP contribution in [0.1, 0.15) is 35.7 Å². The number of nitrogens with one attached hydrogen (secondary N) is 2. The zero-order valence-electron chi connectivity index (χ0n) is 15.4. The van der Waals surface area contributed by atoms with E-state index in [1.54, 1.807) is 6.20 Å². The van der Waals surface area contributed by atoms with Gasteiger partial charge in [0.1, 0.15) is 0 Å². The minimum atomic E-state index is 0.704. The fourth-order valence-electron chi connectivity index (χ4n) is 3.15. The summed E-state index contributed by atoms with van der Waals surface area (Å²) in [5, 5.41) is 11.2. The molecule has 5 nitrogen and oxygen atoms in total. The molecule has 0 fully saturated rings. The van der Waals surface area contributed by atoms with E-state index in [2.05, 4.69) is 52.8 Å². The Kier molecular flexibility index (Phi) is 6.14. The summed E-state index contributed by atoms with van der Waals surface area (Å²) in [6, 6.07) is 8.02. The Bertz CT molecular complexity index is 838.